The summed E-state index contributed by atoms with van der Waals surface area (Å²) in [5.74, 6) is 0.283. The third-order valence-corrected chi connectivity index (χ3v) is 4.44. The Kier molecular flexibility index (Phi) is 4.65. The molecule has 0 aromatic carbocycles. The number of amidine groups is 1. The maximum Gasteiger partial charge on any atom is 0.140 e. The molecule has 0 aliphatic carbocycles. The summed E-state index contributed by atoms with van der Waals surface area (Å²) in [6, 6.07) is 0.718. The van der Waals surface area contributed by atoms with Gasteiger partial charge in [-0.05, 0) is 26.8 Å². The topological polar surface area (TPSA) is 80.3 Å². The first-order chi connectivity index (χ1) is 9.06. The van der Waals surface area contributed by atoms with Crippen LogP contribution in [0.1, 0.15) is 32.6 Å². The smallest absolute Gasteiger partial charge is 0.140 e. The van der Waals surface area contributed by atoms with Crippen LogP contribution in [0.25, 0.3) is 0 Å². The van der Waals surface area contributed by atoms with E-state index in [4.69, 9.17) is 20.4 Å². The van der Waals surface area contributed by atoms with Gasteiger partial charge in [-0.1, -0.05) is 5.16 Å². The van der Waals surface area contributed by atoms with Gasteiger partial charge in [0, 0.05) is 38.1 Å². The lowest BCUT2D eigenvalue weighted by Gasteiger charge is -2.42. The molecule has 6 nitrogen and oxygen atoms in total. The average Bonchev–Trinajstić information content (AvgIpc) is 2.85. The number of ether oxygens (including phenoxy) is 2. The molecule has 110 valence electrons. The fraction of sp³-hybridized carbons (Fsp3) is 0.923. The Morgan fingerprint density at radius 3 is 3.00 bits per heavy atom. The van der Waals surface area contributed by atoms with Crippen molar-refractivity contribution in [1.29, 1.82) is 0 Å². The second kappa shape index (κ2) is 6.07. The molecule has 3 N–H and O–H groups in total. The highest BCUT2D eigenvalue weighted by Gasteiger charge is 2.42. The predicted octanol–water partition coefficient (Wildman–Crippen LogP) is 0.781. The number of nitrogens with zero attached hydrogens (tertiary/aromatic N) is 2. The van der Waals surface area contributed by atoms with E-state index >= 15 is 0 Å². The SMILES string of the molecule is CC(CC(N)=NO)N(C)C1CCOC2(CCOC2)C1. The molecule has 2 saturated heterocycles. The van der Waals surface area contributed by atoms with E-state index in [1.807, 2.05) is 0 Å². The van der Waals surface area contributed by atoms with Gasteiger partial charge in [0.25, 0.3) is 0 Å². The lowest BCUT2D eigenvalue weighted by Crippen LogP contribution is -2.50. The van der Waals surface area contributed by atoms with E-state index in [1.54, 1.807) is 0 Å². The van der Waals surface area contributed by atoms with E-state index in [0.717, 1.165) is 32.5 Å². The van der Waals surface area contributed by atoms with Crippen molar-refractivity contribution in [3.63, 3.8) is 0 Å². The molecule has 0 bridgehead atoms. The highest BCUT2D eigenvalue weighted by Crippen LogP contribution is 2.35. The Bertz CT molecular complexity index is 329. The molecular weight excluding hydrogens is 246 g/mol. The predicted molar refractivity (Wildman–Crippen MR) is 72.4 cm³/mol. The van der Waals surface area contributed by atoms with Crippen molar-refractivity contribution in [3.8, 4) is 0 Å². The minimum absolute atomic E-state index is 0.0759. The Hall–Kier alpha value is -0.850. The third kappa shape index (κ3) is 3.38. The van der Waals surface area contributed by atoms with E-state index in [9.17, 15) is 0 Å². The van der Waals surface area contributed by atoms with Crippen LogP contribution in [0.5, 0.6) is 0 Å². The van der Waals surface area contributed by atoms with Crippen molar-refractivity contribution in [2.75, 3.05) is 26.9 Å². The molecule has 3 atom stereocenters. The number of oxime groups is 1. The summed E-state index contributed by atoms with van der Waals surface area (Å²) in [6.07, 6.45) is 3.60. The summed E-state index contributed by atoms with van der Waals surface area (Å²) in [5.41, 5.74) is 5.51. The zero-order valence-corrected chi connectivity index (χ0v) is 11.8. The average molecular weight is 271 g/mol. The molecule has 2 fully saturated rings. The number of nitrogens with two attached hydrogens (primary N) is 1. The van der Waals surface area contributed by atoms with Crippen LogP contribution >= 0.6 is 0 Å². The molecule has 2 rings (SSSR count). The highest BCUT2D eigenvalue weighted by molar-refractivity contribution is 5.80. The summed E-state index contributed by atoms with van der Waals surface area (Å²) in [6.45, 7) is 4.40. The first-order valence-electron chi connectivity index (χ1n) is 6.96. The van der Waals surface area contributed by atoms with Gasteiger partial charge in [0.15, 0.2) is 0 Å². The van der Waals surface area contributed by atoms with Gasteiger partial charge in [-0.25, -0.2) is 0 Å². The molecule has 0 amide bonds. The summed E-state index contributed by atoms with van der Waals surface area (Å²) in [4.78, 5) is 2.32. The Labute approximate surface area is 114 Å². The monoisotopic (exact) mass is 271 g/mol. The quantitative estimate of drug-likeness (QED) is 0.342. The van der Waals surface area contributed by atoms with Crippen LogP contribution in [0.2, 0.25) is 0 Å². The lowest BCUT2D eigenvalue weighted by molar-refractivity contribution is -0.107. The molecule has 2 heterocycles. The third-order valence-electron chi connectivity index (χ3n) is 4.44. The largest absolute Gasteiger partial charge is 0.409 e. The standard InChI is InChI=1S/C13H25N3O3/c1-10(7-12(14)15-17)16(2)11-3-5-19-13(8-11)4-6-18-9-13/h10-11,17H,3-9H2,1-2H3,(H2,14,15). The molecule has 19 heavy (non-hydrogen) atoms. The van der Waals surface area contributed by atoms with Crippen molar-refractivity contribution < 1.29 is 14.7 Å². The van der Waals surface area contributed by atoms with E-state index in [2.05, 4.69) is 24.0 Å². The highest BCUT2D eigenvalue weighted by atomic mass is 16.6. The molecule has 0 aromatic rings. The number of rotatable bonds is 4. The molecule has 0 saturated carbocycles. The van der Waals surface area contributed by atoms with Crippen LogP contribution in [0.15, 0.2) is 5.16 Å². The summed E-state index contributed by atoms with van der Waals surface area (Å²) in [7, 11) is 2.11. The van der Waals surface area contributed by atoms with Gasteiger partial charge in [-0.2, -0.15) is 0 Å². The zero-order valence-electron chi connectivity index (χ0n) is 11.8. The molecule has 1 spiro atoms. The van der Waals surface area contributed by atoms with E-state index in [-0.39, 0.29) is 17.5 Å². The minimum Gasteiger partial charge on any atom is -0.409 e. The molecule has 3 unspecified atom stereocenters. The number of hydrogen-bond donors (Lipinski definition) is 2. The van der Waals surface area contributed by atoms with Gasteiger partial charge < -0.3 is 25.3 Å². The van der Waals surface area contributed by atoms with E-state index < -0.39 is 0 Å². The molecule has 2 aliphatic rings. The number of hydrogen-bond acceptors (Lipinski definition) is 5. The molecule has 6 heteroatoms. The summed E-state index contributed by atoms with van der Waals surface area (Å²) < 4.78 is 11.4. The van der Waals surface area contributed by atoms with Crippen LogP contribution in [0.4, 0.5) is 0 Å². The van der Waals surface area contributed by atoms with Gasteiger partial charge >= 0.3 is 0 Å². The molecule has 2 aliphatic heterocycles. The fourth-order valence-corrected chi connectivity index (χ4v) is 3.06. The van der Waals surface area contributed by atoms with Gasteiger partial charge in [0.05, 0.1) is 12.2 Å². The van der Waals surface area contributed by atoms with Crippen molar-refractivity contribution in [3.05, 3.63) is 0 Å². The van der Waals surface area contributed by atoms with Gasteiger partial charge in [0.1, 0.15) is 5.84 Å². The van der Waals surface area contributed by atoms with Crippen LogP contribution in [-0.4, -0.2) is 60.5 Å². The normalized spacial score (nSPS) is 34.1. The van der Waals surface area contributed by atoms with Crippen molar-refractivity contribution in [2.45, 2.75) is 50.3 Å². The Balaban J connectivity index is 1.93. The van der Waals surface area contributed by atoms with Gasteiger partial charge in [-0.3, -0.25) is 0 Å². The van der Waals surface area contributed by atoms with Gasteiger partial charge in [-0.15, -0.1) is 0 Å². The summed E-state index contributed by atoms with van der Waals surface area (Å²) in [5, 5.41) is 11.7. The Morgan fingerprint density at radius 1 is 1.58 bits per heavy atom. The van der Waals surface area contributed by atoms with Crippen molar-refractivity contribution >= 4 is 5.84 Å². The lowest BCUT2D eigenvalue weighted by atomic mass is 9.88. The maximum absolute atomic E-state index is 8.65. The van der Waals surface area contributed by atoms with Gasteiger partial charge in [0.2, 0.25) is 0 Å². The van der Waals surface area contributed by atoms with E-state index in [0.29, 0.717) is 19.1 Å². The van der Waals surface area contributed by atoms with Crippen LogP contribution in [-0.2, 0) is 9.47 Å². The van der Waals surface area contributed by atoms with Crippen LogP contribution in [0.3, 0.4) is 0 Å². The van der Waals surface area contributed by atoms with Crippen LogP contribution < -0.4 is 5.73 Å². The van der Waals surface area contributed by atoms with Crippen LogP contribution in [0, 0.1) is 0 Å². The molecular formula is C13H25N3O3. The minimum atomic E-state index is -0.0759. The van der Waals surface area contributed by atoms with Crippen molar-refractivity contribution in [1.82, 2.24) is 4.90 Å². The first-order valence-corrected chi connectivity index (χ1v) is 6.96. The van der Waals surface area contributed by atoms with E-state index in [1.165, 1.54) is 0 Å². The fourth-order valence-electron chi connectivity index (χ4n) is 3.06. The molecule has 0 radical (unpaired) electrons. The second-order valence-electron chi connectivity index (χ2n) is 5.79. The Morgan fingerprint density at radius 2 is 2.37 bits per heavy atom. The second-order valence-corrected chi connectivity index (χ2v) is 5.79. The zero-order chi connectivity index (χ0) is 13.9. The summed E-state index contributed by atoms with van der Waals surface area (Å²) >= 11 is 0. The maximum atomic E-state index is 8.65. The van der Waals surface area contributed by atoms with Crippen molar-refractivity contribution in [2.24, 2.45) is 10.9 Å². The first kappa shape index (κ1) is 14.6. The molecule has 0 aromatic heterocycles.